The fraction of sp³-hybridized carbons (Fsp3) is 0.0952. The van der Waals surface area contributed by atoms with Gasteiger partial charge < -0.3 is 10.1 Å². The van der Waals surface area contributed by atoms with Crippen LogP contribution in [0.25, 0.3) is 0 Å². The van der Waals surface area contributed by atoms with E-state index in [1.807, 2.05) is 30.3 Å². The topological polar surface area (TPSA) is 81.5 Å². The van der Waals surface area contributed by atoms with Crippen LogP contribution in [0.5, 0.6) is 5.75 Å². The molecule has 3 aromatic rings. The Hall–Kier alpha value is -3.74. The Morgan fingerprint density at radius 2 is 1.82 bits per heavy atom. The summed E-state index contributed by atoms with van der Waals surface area (Å²) in [6, 6.07) is 19.3. The van der Waals surface area contributed by atoms with Gasteiger partial charge in [-0.1, -0.05) is 36.4 Å². The van der Waals surface area contributed by atoms with Crippen LogP contribution in [0, 0.1) is 15.9 Å². The molecule has 0 aliphatic carbocycles. The molecule has 7 heteroatoms. The summed E-state index contributed by atoms with van der Waals surface area (Å²) in [5.41, 5.74) is 0.824. The predicted molar refractivity (Wildman–Crippen MR) is 103 cm³/mol. The van der Waals surface area contributed by atoms with Crippen LogP contribution >= 0.6 is 0 Å². The molecule has 0 atom stereocenters. The van der Waals surface area contributed by atoms with Crippen molar-refractivity contribution in [2.24, 2.45) is 0 Å². The van der Waals surface area contributed by atoms with Crippen molar-refractivity contribution in [3.8, 4) is 5.75 Å². The Labute approximate surface area is 160 Å². The number of nitrogens with zero attached hydrogens (tertiary/aromatic N) is 1. The van der Waals surface area contributed by atoms with Gasteiger partial charge in [0.05, 0.1) is 17.2 Å². The summed E-state index contributed by atoms with van der Waals surface area (Å²) in [5, 5.41) is 13.2. The van der Waals surface area contributed by atoms with Gasteiger partial charge in [0, 0.05) is 24.1 Å². The molecule has 0 heterocycles. The second-order valence-corrected chi connectivity index (χ2v) is 5.99. The van der Waals surface area contributed by atoms with Crippen LogP contribution in [0.2, 0.25) is 0 Å². The maximum Gasteiger partial charge on any atom is 0.271 e. The number of anilines is 1. The molecule has 0 saturated carbocycles. The zero-order valence-electron chi connectivity index (χ0n) is 14.8. The molecule has 0 aliphatic heterocycles. The van der Waals surface area contributed by atoms with Gasteiger partial charge in [-0.05, 0) is 29.8 Å². The fourth-order valence-electron chi connectivity index (χ4n) is 2.58. The Bertz CT molecular complexity index is 993. The molecule has 0 aliphatic rings. The highest BCUT2D eigenvalue weighted by Crippen LogP contribution is 2.22. The van der Waals surface area contributed by atoms with Crippen molar-refractivity contribution in [3.05, 3.63) is 99.9 Å². The minimum absolute atomic E-state index is 0.253. The highest BCUT2D eigenvalue weighted by molar-refractivity contribution is 6.04. The van der Waals surface area contributed by atoms with Crippen LogP contribution in [0.15, 0.2) is 72.8 Å². The van der Waals surface area contributed by atoms with E-state index in [0.717, 1.165) is 30.2 Å². The van der Waals surface area contributed by atoms with Gasteiger partial charge in [0.25, 0.3) is 11.6 Å². The monoisotopic (exact) mass is 380 g/mol. The second-order valence-electron chi connectivity index (χ2n) is 5.99. The highest BCUT2D eigenvalue weighted by atomic mass is 19.1. The number of nitro benzene ring substituents is 1. The molecule has 0 unspecified atom stereocenters. The first kappa shape index (κ1) is 19.0. The van der Waals surface area contributed by atoms with E-state index in [0.29, 0.717) is 12.4 Å². The number of hydrogen-bond donors (Lipinski definition) is 1. The lowest BCUT2D eigenvalue weighted by Crippen LogP contribution is -2.13. The highest BCUT2D eigenvalue weighted by Gasteiger charge is 2.14. The molecule has 6 nitrogen and oxygen atoms in total. The lowest BCUT2D eigenvalue weighted by Gasteiger charge is -2.09. The average Bonchev–Trinajstić information content (AvgIpc) is 2.70. The largest absolute Gasteiger partial charge is 0.493 e. The van der Waals surface area contributed by atoms with Gasteiger partial charge >= 0.3 is 0 Å². The summed E-state index contributed by atoms with van der Waals surface area (Å²) in [6.07, 6.45) is 0.718. The van der Waals surface area contributed by atoms with E-state index in [1.165, 1.54) is 6.07 Å². The summed E-state index contributed by atoms with van der Waals surface area (Å²) >= 11 is 0. The summed E-state index contributed by atoms with van der Waals surface area (Å²) in [6.45, 7) is 0.439. The van der Waals surface area contributed by atoms with Crippen molar-refractivity contribution < 1.29 is 18.8 Å². The zero-order valence-corrected chi connectivity index (χ0v) is 14.8. The van der Waals surface area contributed by atoms with Crippen LogP contribution in [0.4, 0.5) is 15.8 Å². The van der Waals surface area contributed by atoms with Gasteiger partial charge in [0.2, 0.25) is 0 Å². The number of rotatable bonds is 7. The first-order valence-electron chi connectivity index (χ1n) is 8.55. The molecular weight excluding hydrogens is 363 g/mol. The number of amides is 1. The summed E-state index contributed by atoms with van der Waals surface area (Å²) < 4.78 is 19.5. The third-order valence-corrected chi connectivity index (χ3v) is 4.01. The minimum Gasteiger partial charge on any atom is -0.493 e. The Kier molecular flexibility index (Phi) is 5.96. The second kappa shape index (κ2) is 8.77. The first-order chi connectivity index (χ1) is 13.5. The number of non-ortho nitro benzene ring substituents is 1. The molecular formula is C21H17FN2O4. The van der Waals surface area contributed by atoms with E-state index in [2.05, 4.69) is 5.32 Å². The molecule has 142 valence electrons. The number of halogens is 1. The van der Waals surface area contributed by atoms with E-state index in [-0.39, 0.29) is 16.9 Å². The number of nitro groups is 1. The fourth-order valence-corrected chi connectivity index (χ4v) is 2.58. The van der Waals surface area contributed by atoms with Crippen LogP contribution in [-0.2, 0) is 6.42 Å². The lowest BCUT2D eigenvalue weighted by atomic mass is 10.1. The van der Waals surface area contributed by atoms with E-state index in [9.17, 15) is 19.3 Å². The molecule has 0 aromatic heterocycles. The number of benzene rings is 3. The Balaban J connectivity index is 1.65. The predicted octanol–water partition coefficient (Wildman–Crippen LogP) is 4.61. The number of carbonyl (C=O) groups excluding carboxylic acids is 1. The summed E-state index contributed by atoms with van der Waals surface area (Å²) in [5.74, 6) is -0.842. The van der Waals surface area contributed by atoms with Crippen molar-refractivity contribution in [2.75, 3.05) is 11.9 Å². The van der Waals surface area contributed by atoms with Gasteiger partial charge in [-0.3, -0.25) is 14.9 Å². The van der Waals surface area contributed by atoms with E-state index >= 15 is 0 Å². The van der Waals surface area contributed by atoms with Gasteiger partial charge in [-0.2, -0.15) is 0 Å². The maximum absolute atomic E-state index is 13.9. The number of carbonyl (C=O) groups is 1. The number of hydrogen-bond acceptors (Lipinski definition) is 4. The van der Waals surface area contributed by atoms with Crippen LogP contribution in [0.3, 0.4) is 0 Å². The summed E-state index contributed by atoms with van der Waals surface area (Å²) in [7, 11) is 0. The van der Waals surface area contributed by atoms with Gasteiger partial charge in [0.1, 0.15) is 11.6 Å². The normalized spacial score (nSPS) is 10.3. The Morgan fingerprint density at radius 3 is 2.57 bits per heavy atom. The zero-order chi connectivity index (χ0) is 19.9. The maximum atomic E-state index is 13.9. The summed E-state index contributed by atoms with van der Waals surface area (Å²) in [4.78, 5) is 22.6. The number of nitrogens with one attached hydrogen (secondary N) is 1. The quantitative estimate of drug-likeness (QED) is 0.479. The molecule has 0 fully saturated rings. The van der Waals surface area contributed by atoms with E-state index in [1.54, 1.807) is 18.2 Å². The number of ether oxygens (including phenoxy) is 1. The molecule has 3 aromatic carbocycles. The van der Waals surface area contributed by atoms with E-state index in [4.69, 9.17) is 4.74 Å². The average molecular weight is 380 g/mol. The van der Waals surface area contributed by atoms with Crippen molar-refractivity contribution in [1.29, 1.82) is 0 Å². The van der Waals surface area contributed by atoms with Crippen LogP contribution < -0.4 is 10.1 Å². The molecule has 0 spiro atoms. The lowest BCUT2D eigenvalue weighted by molar-refractivity contribution is -0.384. The van der Waals surface area contributed by atoms with Crippen molar-refractivity contribution in [1.82, 2.24) is 0 Å². The van der Waals surface area contributed by atoms with E-state index < -0.39 is 16.6 Å². The molecule has 0 saturated heterocycles. The molecule has 28 heavy (non-hydrogen) atoms. The van der Waals surface area contributed by atoms with Gasteiger partial charge in [-0.25, -0.2) is 4.39 Å². The van der Waals surface area contributed by atoms with Crippen molar-refractivity contribution >= 4 is 17.3 Å². The van der Waals surface area contributed by atoms with Crippen LogP contribution in [0.1, 0.15) is 15.9 Å². The molecule has 0 radical (unpaired) electrons. The molecule has 1 amide bonds. The molecule has 0 bridgehead atoms. The third kappa shape index (κ3) is 4.91. The third-order valence-electron chi connectivity index (χ3n) is 4.01. The molecule has 1 N–H and O–H groups in total. The first-order valence-corrected chi connectivity index (χ1v) is 8.55. The Morgan fingerprint density at radius 1 is 1.04 bits per heavy atom. The van der Waals surface area contributed by atoms with Gasteiger partial charge in [0.15, 0.2) is 0 Å². The standard InChI is InChI=1S/C21H17FN2O4/c22-19-10-9-17(24(26)27)14-20(19)23-21(25)16-7-4-8-18(13-16)28-12-11-15-5-2-1-3-6-15/h1-10,13-14H,11-12H2,(H,23,25). The molecule has 3 rings (SSSR count). The van der Waals surface area contributed by atoms with Crippen molar-refractivity contribution in [2.45, 2.75) is 6.42 Å². The van der Waals surface area contributed by atoms with Crippen LogP contribution in [-0.4, -0.2) is 17.4 Å². The minimum atomic E-state index is -0.755. The smallest absolute Gasteiger partial charge is 0.271 e. The van der Waals surface area contributed by atoms with Crippen molar-refractivity contribution in [3.63, 3.8) is 0 Å². The van der Waals surface area contributed by atoms with Gasteiger partial charge in [-0.15, -0.1) is 0 Å². The SMILES string of the molecule is O=C(Nc1cc([N+](=O)[O-])ccc1F)c1cccc(OCCc2ccccc2)c1.